The highest BCUT2D eigenvalue weighted by Gasteiger charge is 2.40. The van der Waals surface area contributed by atoms with Crippen molar-refractivity contribution in [3.8, 4) is 0 Å². The highest BCUT2D eigenvalue weighted by atomic mass is 32.1. The Hall–Kier alpha value is -1.66. The van der Waals surface area contributed by atoms with Crippen molar-refractivity contribution in [2.75, 3.05) is 20.1 Å². The predicted molar refractivity (Wildman–Crippen MR) is 83.1 cm³/mol. The summed E-state index contributed by atoms with van der Waals surface area (Å²) >= 11 is 1.59. The molecule has 0 spiro atoms. The molecule has 1 saturated heterocycles. The molecule has 1 aliphatic rings. The number of carbonyl (C=O) groups is 2. The van der Waals surface area contributed by atoms with Crippen molar-refractivity contribution in [3.05, 3.63) is 28.0 Å². The minimum absolute atomic E-state index is 0.135. The van der Waals surface area contributed by atoms with Crippen LogP contribution in [0.15, 0.2) is 17.5 Å². The first-order valence-corrected chi connectivity index (χ1v) is 7.67. The molecule has 1 aromatic rings. The van der Waals surface area contributed by atoms with Crippen LogP contribution in [-0.2, 0) is 16.1 Å². The molecule has 0 saturated carbocycles. The summed E-state index contributed by atoms with van der Waals surface area (Å²) in [7, 11) is 1.83. The Morgan fingerprint density at radius 1 is 1.48 bits per heavy atom. The lowest BCUT2D eigenvalue weighted by Crippen LogP contribution is -2.61. The maximum absolute atomic E-state index is 12.2. The lowest BCUT2D eigenvalue weighted by molar-refractivity contribution is -0.147. The predicted octanol–water partition coefficient (Wildman–Crippen LogP) is 1.90. The van der Waals surface area contributed by atoms with Gasteiger partial charge in [0.25, 0.3) is 0 Å². The Kier molecular flexibility index (Phi) is 4.49. The SMILES string of the molecule is CN1CCN(Cc2cc(/C=C/C(=O)O)cs2)C(C)(C)C1=O. The second-order valence-electron chi connectivity index (χ2n) is 5.73. The van der Waals surface area contributed by atoms with Crippen molar-refractivity contribution in [2.45, 2.75) is 25.9 Å². The molecule has 6 heteroatoms. The van der Waals surface area contributed by atoms with Crippen LogP contribution in [0, 0.1) is 0 Å². The highest BCUT2D eigenvalue weighted by molar-refractivity contribution is 7.10. The third kappa shape index (κ3) is 3.51. The van der Waals surface area contributed by atoms with Crippen LogP contribution in [0.4, 0.5) is 0 Å². The summed E-state index contributed by atoms with van der Waals surface area (Å²) in [5, 5.41) is 10.6. The number of piperazine rings is 1. The van der Waals surface area contributed by atoms with Gasteiger partial charge in [0.2, 0.25) is 5.91 Å². The molecule has 0 unspecified atom stereocenters. The minimum Gasteiger partial charge on any atom is -0.478 e. The van der Waals surface area contributed by atoms with Crippen LogP contribution in [0.5, 0.6) is 0 Å². The molecule has 1 amide bonds. The molecule has 2 rings (SSSR count). The van der Waals surface area contributed by atoms with Gasteiger partial charge in [-0.1, -0.05) is 0 Å². The van der Waals surface area contributed by atoms with Gasteiger partial charge in [-0.3, -0.25) is 9.69 Å². The number of likely N-dealkylation sites (N-methyl/N-ethyl adjacent to an activating group) is 1. The van der Waals surface area contributed by atoms with E-state index in [0.29, 0.717) is 6.54 Å². The number of thiophene rings is 1. The molecule has 0 atom stereocenters. The molecule has 21 heavy (non-hydrogen) atoms. The van der Waals surface area contributed by atoms with Crippen molar-refractivity contribution in [1.82, 2.24) is 9.80 Å². The van der Waals surface area contributed by atoms with Crippen LogP contribution in [0.25, 0.3) is 6.08 Å². The zero-order chi connectivity index (χ0) is 15.6. The van der Waals surface area contributed by atoms with E-state index in [2.05, 4.69) is 4.90 Å². The van der Waals surface area contributed by atoms with Crippen LogP contribution in [-0.4, -0.2) is 52.5 Å². The zero-order valence-corrected chi connectivity index (χ0v) is 13.3. The van der Waals surface area contributed by atoms with Crippen molar-refractivity contribution >= 4 is 29.3 Å². The van der Waals surface area contributed by atoms with E-state index in [1.807, 2.05) is 32.3 Å². The van der Waals surface area contributed by atoms with Gasteiger partial charge in [0.15, 0.2) is 0 Å². The Bertz CT molecular complexity index is 577. The number of rotatable bonds is 4. The largest absolute Gasteiger partial charge is 0.478 e. The zero-order valence-electron chi connectivity index (χ0n) is 12.5. The van der Waals surface area contributed by atoms with E-state index in [1.165, 1.54) is 0 Å². The van der Waals surface area contributed by atoms with E-state index in [0.717, 1.165) is 29.6 Å². The van der Waals surface area contributed by atoms with Crippen LogP contribution in [0.2, 0.25) is 0 Å². The maximum atomic E-state index is 12.2. The normalized spacial score (nSPS) is 19.4. The van der Waals surface area contributed by atoms with Crippen LogP contribution in [0.3, 0.4) is 0 Å². The molecular weight excluding hydrogens is 288 g/mol. The van der Waals surface area contributed by atoms with Gasteiger partial charge in [-0.2, -0.15) is 0 Å². The summed E-state index contributed by atoms with van der Waals surface area (Å²) in [6.45, 7) is 6.18. The van der Waals surface area contributed by atoms with Gasteiger partial charge in [0.1, 0.15) is 0 Å². The van der Waals surface area contributed by atoms with Gasteiger partial charge in [0.05, 0.1) is 5.54 Å². The summed E-state index contributed by atoms with van der Waals surface area (Å²) in [6, 6.07) is 1.98. The van der Waals surface area contributed by atoms with E-state index in [-0.39, 0.29) is 5.91 Å². The molecule has 1 fully saturated rings. The van der Waals surface area contributed by atoms with E-state index in [1.54, 1.807) is 22.3 Å². The third-order valence-electron chi connectivity index (χ3n) is 3.81. The van der Waals surface area contributed by atoms with Crippen molar-refractivity contribution in [1.29, 1.82) is 0 Å². The quantitative estimate of drug-likeness (QED) is 0.863. The van der Waals surface area contributed by atoms with Gasteiger partial charge in [-0.15, -0.1) is 11.3 Å². The number of carboxylic acids is 1. The van der Waals surface area contributed by atoms with Gasteiger partial charge in [-0.05, 0) is 36.9 Å². The minimum atomic E-state index is -0.950. The number of carboxylic acid groups (broad SMARTS) is 1. The van der Waals surface area contributed by atoms with Crippen LogP contribution < -0.4 is 0 Å². The van der Waals surface area contributed by atoms with Crippen LogP contribution >= 0.6 is 11.3 Å². The molecule has 5 nitrogen and oxygen atoms in total. The smallest absolute Gasteiger partial charge is 0.328 e. The molecule has 0 radical (unpaired) electrons. The number of carbonyl (C=O) groups excluding carboxylic acids is 1. The average molecular weight is 308 g/mol. The van der Waals surface area contributed by atoms with Crippen molar-refractivity contribution < 1.29 is 14.7 Å². The Morgan fingerprint density at radius 2 is 2.19 bits per heavy atom. The van der Waals surface area contributed by atoms with E-state index < -0.39 is 11.5 Å². The first-order valence-electron chi connectivity index (χ1n) is 6.80. The van der Waals surface area contributed by atoms with Gasteiger partial charge >= 0.3 is 5.97 Å². The fraction of sp³-hybridized carbons (Fsp3) is 0.467. The molecular formula is C15H20N2O3S. The second-order valence-corrected chi connectivity index (χ2v) is 6.72. The van der Waals surface area contributed by atoms with Crippen molar-refractivity contribution in [2.24, 2.45) is 0 Å². The van der Waals surface area contributed by atoms with Gasteiger partial charge in [0, 0.05) is 37.6 Å². The maximum Gasteiger partial charge on any atom is 0.328 e. The number of hydrogen-bond acceptors (Lipinski definition) is 4. The summed E-state index contributed by atoms with van der Waals surface area (Å²) in [4.78, 5) is 27.8. The van der Waals surface area contributed by atoms with Crippen LogP contribution in [0.1, 0.15) is 24.3 Å². The summed E-state index contributed by atoms with van der Waals surface area (Å²) in [6.07, 6.45) is 2.72. The average Bonchev–Trinajstić information content (AvgIpc) is 2.85. The Balaban J connectivity index is 2.08. The van der Waals surface area contributed by atoms with E-state index >= 15 is 0 Å². The lowest BCUT2D eigenvalue weighted by Gasteiger charge is -2.44. The third-order valence-corrected chi connectivity index (χ3v) is 4.74. The first kappa shape index (κ1) is 15.7. The standard InChI is InChI=1S/C15H20N2O3S/c1-15(2)14(20)16(3)6-7-17(15)9-12-8-11(10-21-12)4-5-13(18)19/h4-5,8,10H,6-7,9H2,1-3H3,(H,18,19)/b5-4+. The molecule has 0 bridgehead atoms. The highest BCUT2D eigenvalue weighted by Crippen LogP contribution is 2.26. The molecule has 114 valence electrons. The van der Waals surface area contributed by atoms with E-state index in [4.69, 9.17) is 5.11 Å². The van der Waals surface area contributed by atoms with E-state index in [9.17, 15) is 9.59 Å². The summed E-state index contributed by atoms with van der Waals surface area (Å²) < 4.78 is 0. The topological polar surface area (TPSA) is 60.9 Å². The Labute approximate surface area is 128 Å². The number of hydrogen-bond donors (Lipinski definition) is 1. The second kappa shape index (κ2) is 5.99. The fourth-order valence-corrected chi connectivity index (χ4v) is 3.32. The number of nitrogens with zero attached hydrogens (tertiary/aromatic N) is 2. The molecule has 1 aromatic heterocycles. The Morgan fingerprint density at radius 3 is 2.86 bits per heavy atom. The van der Waals surface area contributed by atoms with Crippen molar-refractivity contribution in [3.63, 3.8) is 0 Å². The molecule has 1 aliphatic heterocycles. The summed E-state index contributed by atoms with van der Waals surface area (Å²) in [5.41, 5.74) is 0.379. The molecule has 2 heterocycles. The molecule has 1 N–H and O–H groups in total. The van der Waals surface area contributed by atoms with Gasteiger partial charge < -0.3 is 10.0 Å². The molecule has 0 aliphatic carbocycles. The first-order chi connectivity index (χ1) is 9.80. The monoisotopic (exact) mass is 308 g/mol. The number of amides is 1. The lowest BCUT2D eigenvalue weighted by atomic mass is 9.98. The number of aliphatic carboxylic acids is 1. The summed E-state index contributed by atoms with van der Waals surface area (Å²) in [5.74, 6) is -0.815. The fourth-order valence-electron chi connectivity index (χ4n) is 2.45. The van der Waals surface area contributed by atoms with Gasteiger partial charge in [-0.25, -0.2) is 4.79 Å². The molecule has 0 aromatic carbocycles.